The number of ether oxygens (including phenoxy) is 2. The average Bonchev–Trinajstić information content (AvgIpc) is 2.59. The van der Waals surface area contributed by atoms with Crippen LogP contribution in [0.5, 0.6) is 11.5 Å². The highest BCUT2D eigenvalue weighted by Crippen LogP contribution is 2.35. The fraction of sp³-hybridized carbons (Fsp3) is 0.222. The zero-order valence-corrected chi connectivity index (χ0v) is 14.6. The summed E-state index contributed by atoms with van der Waals surface area (Å²) in [5, 5.41) is 4.28. The number of halogens is 2. The number of nitrogens with zero attached hydrogens (tertiary/aromatic N) is 1. The molecule has 0 saturated heterocycles. The van der Waals surface area contributed by atoms with Crippen molar-refractivity contribution in [2.75, 3.05) is 13.7 Å². The van der Waals surface area contributed by atoms with Gasteiger partial charge in [-0.15, -0.1) is 0 Å². The van der Waals surface area contributed by atoms with Crippen LogP contribution in [-0.4, -0.2) is 25.8 Å². The monoisotopic (exact) mass is 364 g/mol. The number of hydrazone groups is 1. The van der Waals surface area contributed by atoms with Crippen molar-refractivity contribution in [3.8, 4) is 11.5 Å². The molecule has 132 valence electrons. The van der Waals surface area contributed by atoms with Crippen LogP contribution in [0.25, 0.3) is 0 Å². The molecule has 0 atom stereocenters. The number of nitrogens with one attached hydrogen (secondary N) is 1. The highest BCUT2D eigenvalue weighted by molar-refractivity contribution is 6.32. The molecule has 5 nitrogen and oxygen atoms in total. The predicted octanol–water partition coefficient (Wildman–Crippen LogP) is 3.58. The first-order valence-corrected chi connectivity index (χ1v) is 7.98. The number of methoxy groups -OCH3 is 1. The molecule has 0 aliphatic heterocycles. The summed E-state index contributed by atoms with van der Waals surface area (Å²) in [4.78, 5) is 11.8. The SMILES string of the molecule is CCOc1c(Cl)cc(/C=N/NC(=O)Cc2ccc(F)cc2)cc1OC. The molecule has 1 N–H and O–H groups in total. The van der Waals surface area contributed by atoms with Crippen molar-refractivity contribution >= 4 is 23.7 Å². The van der Waals surface area contributed by atoms with Crippen LogP contribution in [0.4, 0.5) is 4.39 Å². The van der Waals surface area contributed by atoms with Gasteiger partial charge in [-0.05, 0) is 42.3 Å². The van der Waals surface area contributed by atoms with Gasteiger partial charge in [0.25, 0.3) is 0 Å². The zero-order valence-electron chi connectivity index (χ0n) is 13.9. The molecule has 0 heterocycles. The second kappa shape index (κ2) is 9.03. The van der Waals surface area contributed by atoms with Crippen molar-refractivity contribution in [2.45, 2.75) is 13.3 Å². The largest absolute Gasteiger partial charge is 0.493 e. The molecule has 0 spiro atoms. The smallest absolute Gasteiger partial charge is 0.244 e. The Morgan fingerprint density at radius 2 is 2.04 bits per heavy atom. The van der Waals surface area contributed by atoms with Crippen LogP contribution in [0.1, 0.15) is 18.1 Å². The topological polar surface area (TPSA) is 59.9 Å². The Hall–Kier alpha value is -2.60. The quantitative estimate of drug-likeness (QED) is 0.603. The third-order valence-corrected chi connectivity index (χ3v) is 3.50. The molecule has 0 aliphatic rings. The van der Waals surface area contributed by atoms with E-state index in [-0.39, 0.29) is 18.1 Å². The van der Waals surface area contributed by atoms with Gasteiger partial charge in [0.2, 0.25) is 5.91 Å². The van der Waals surface area contributed by atoms with E-state index in [2.05, 4.69) is 10.5 Å². The number of hydrogen-bond acceptors (Lipinski definition) is 4. The summed E-state index contributed by atoms with van der Waals surface area (Å²) < 4.78 is 23.5. The first-order chi connectivity index (χ1) is 12.0. The van der Waals surface area contributed by atoms with Gasteiger partial charge in [-0.2, -0.15) is 5.10 Å². The van der Waals surface area contributed by atoms with Crippen LogP contribution in [0.3, 0.4) is 0 Å². The fourth-order valence-corrected chi connectivity index (χ4v) is 2.38. The minimum atomic E-state index is -0.344. The van der Waals surface area contributed by atoms with Gasteiger partial charge in [-0.1, -0.05) is 23.7 Å². The van der Waals surface area contributed by atoms with Crippen LogP contribution in [-0.2, 0) is 11.2 Å². The lowest BCUT2D eigenvalue weighted by Crippen LogP contribution is -2.19. The Labute approximate surface area is 150 Å². The van der Waals surface area contributed by atoms with Gasteiger partial charge >= 0.3 is 0 Å². The third-order valence-electron chi connectivity index (χ3n) is 3.22. The third kappa shape index (κ3) is 5.46. The minimum absolute atomic E-state index is 0.102. The molecule has 0 bridgehead atoms. The Kier molecular flexibility index (Phi) is 6.77. The van der Waals surface area contributed by atoms with Crippen LogP contribution in [0.2, 0.25) is 5.02 Å². The number of hydrogen-bond donors (Lipinski definition) is 1. The van der Waals surface area contributed by atoms with E-state index >= 15 is 0 Å². The molecule has 0 aromatic heterocycles. The van der Waals surface area contributed by atoms with E-state index in [4.69, 9.17) is 21.1 Å². The lowest BCUT2D eigenvalue weighted by molar-refractivity contribution is -0.120. The molecule has 1 amide bonds. The van der Waals surface area contributed by atoms with Crippen molar-refractivity contribution < 1.29 is 18.7 Å². The molecule has 0 fully saturated rings. The van der Waals surface area contributed by atoms with Crippen LogP contribution in [0.15, 0.2) is 41.5 Å². The molecule has 25 heavy (non-hydrogen) atoms. The van der Waals surface area contributed by atoms with E-state index in [1.165, 1.54) is 25.5 Å². The van der Waals surface area contributed by atoms with Crippen molar-refractivity contribution in [1.29, 1.82) is 0 Å². The van der Waals surface area contributed by atoms with E-state index in [0.29, 0.717) is 34.3 Å². The van der Waals surface area contributed by atoms with Crippen molar-refractivity contribution in [3.05, 3.63) is 58.4 Å². The molecule has 7 heteroatoms. The first kappa shape index (κ1) is 18.7. The normalized spacial score (nSPS) is 10.7. The van der Waals surface area contributed by atoms with Gasteiger partial charge in [-0.25, -0.2) is 9.82 Å². The summed E-state index contributed by atoms with van der Waals surface area (Å²) in [5.41, 5.74) is 3.75. The minimum Gasteiger partial charge on any atom is -0.493 e. The van der Waals surface area contributed by atoms with Gasteiger partial charge in [0.1, 0.15) is 5.82 Å². The van der Waals surface area contributed by atoms with E-state index in [1.54, 1.807) is 24.3 Å². The first-order valence-electron chi connectivity index (χ1n) is 7.60. The van der Waals surface area contributed by atoms with E-state index in [0.717, 1.165) is 0 Å². The average molecular weight is 365 g/mol. The van der Waals surface area contributed by atoms with Crippen LogP contribution >= 0.6 is 11.6 Å². The van der Waals surface area contributed by atoms with E-state index in [9.17, 15) is 9.18 Å². The highest BCUT2D eigenvalue weighted by atomic mass is 35.5. The number of benzene rings is 2. The summed E-state index contributed by atoms with van der Waals surface area (Å²) in [6.45, 7) is 2.31. The number of carbonyl (C=O) groups is 1. The molecular weight excluding hydrogens is 347 g/mol. The summed E-state index contributed by atoms with van der Waals surface area (Å²) >= 11 is 6.17. The zero-order chi connectivity index (χ0) is 18.2. The molecule has 0 unspecified atom stereocenters. The Morgan fingerprint density at radius 1 is 1.32 bits per heavy atom. The molecule has 2 aromatic carbocycles. The Bertz CT molecular complexity index is 764. The number of amides is 1. The molecular formula is C18H18ClFN2O3. The second-order valence-electron chi connectivity index (χ2n) is 5.06. The summed E-state index contributed by atoms with van der Waals surface area (Å²) in [6, 6.07) is 9.07. The summed E-state index contributed by atoms with van der Waals surface area (Å²) in [6.07, 6.45) is 1.55. The number of carbonyl (C=O) groups excluding carboxylic acids is 1. The molecule has 2 aromatic rings. The maximum Gasteiger partial charge on any atom is 0.244 e. The summed E-state index contributed by atoms with van der Waals surface area (Å²) in [7, 11) is 1.51. The fourth-order valence-electron chi connectivity index (χ4n) is 2.10. The molecule has 0 aliphatic carbocycles. The molecule has 2 rings (SSSR count). The highest BCUT2D eigenvalue weighted by Gasteiger charge is 2.11. The predicted molar refractivity (Wildman–Crippen MR) is 95.0 cm³/mol. The summed E-state index contributed by atoms with van der Waals surface area (Å²) in [5.74, 6) is 0.285. The number of rotatable bonds is 7. The van der Waals surface area contributed by atoms with Crippen LogP contribution < -0.4 is 14.9 Å². The Balaban J connectivity index is 2.00. The standard InChI is InChI=1S/C18H18ClFN2O3/c1-3-25-18-15(19)8-13(9-16(18)24-2)11-21-22-17(23)10-12-4-6-14(20)7-5-12/h4-9,11H,3,10H2,1-2H3,(H,22,23)/b21-11+. The van der Waals surface area contributed by atoms with E-state index in [1.807, 2.05) is 6.92 Å². The van der Waals surface area contributed by atoms with Gasteiger partial charge in [0.05, 0.1) is 31.4 Å². The van der Waals surface area contributed by atoms with Crippen molar-refractivity contribution in [3.63, 3.8) is 0 Å². The van der Waals surface area contributed by atoms with Gasteiger partial charge < -0.3 is 9.47 Å². The van der Waals surface area contributed by atoms with Gasteiger partial charge in [-0.3, -0.25) is 4.79 Å². The maximum absolute atomic E-state index is 12.8. The second-order valence-corrected chi connectivity index (χ2v) is 5.47. The molecule has 0 radical (unpaired) electrons. The van der Waals surface area contributed by atoms with Crippen LogP contribution in [0, 0.1) is 5.82 Å². The molecule has 0 saturated carbocycles. The Morgan fingerprint density at radius 3 is 2.68 bits per heavy atom. The maximum atomic E-state index is 12.8. The lowest BCUT2D eigenvalue weighted by atomic mass is 10.1. The van der Waals surface area contributed by atoms with Crippen molar-refractivity contribution in [2.24, 2.45) is 5.10 Å². The van der Waals surface area contributed by atoms with Crippen molar-refractivity contribution in [1.82, 2.24) is 5.43 Å². The van der Waals surface area contributed by atoms with Gasteiger partial charge in [0.15, 0.2) is 11.5 Å². The lowest BCUT2D eigenvalue weighted by Gasteiger charge is -2.11. The van der Waals surface area contributed by atoms with Gasteiger partial charge in [0, 0.05) is 0 Å². The van der Waals surface area contributed by atoms with E-state index < -0.39 is 0 Å².